The predicted molar refractivity (Wildman–Crippen MR) is 55.9 cm³/mol. The Kier molecular flexibility index (Phi) is 4.00. The van der Waals surface area contributed by atoms with Crippen LogP contribution in [-0.4, -0.2) is 0 Å². The van der Waals surface area contributed by atoms with Crippen molar-refractivity contribution in [3.05, 3.63) is 53.5 Å². The van der Waals surface area contributed by atoms with E-state index in [4.69, 9.17) is 0 Å². The summed E-state index contributed by atoms with van der Waals surface area (Å²) in [6.07, 6.45) is 15.4. The average molecular weight is 251 g/mol. The van der Waals surface area contributed by atoms with Gasteiger partial charge in [-0.2, -0.15) is 18.1 Å². The second kappa shape index (κ2) is 4.81. The van der Waals surface area contributed by atoms with E-state index < -0.39 is 0 Å². The maximum Gasteiger partial charge on any atom is 4.00 e. The molecule has 68 valence electrons. The fourth-order valence-corrected chi connectivity index (χ4v) is 1.66. The molecule has 0 atom stereocenters. The van der Waals surface area contributed by atoms with Gasteiger partial charge in [-0.05, 0) is 12.8 Å². The molecule has 0 amide bonds. The molecule has 0 nitrogen and oxygen atoms in total. The van der Waals surface area contributed by atoms with Crippen LogP contribution in [0.4, 0.5) is 0 Å². The van der Waals surface area contributed by atoms with Crippen molar-refractivity contribution in [1.82, 2.24) is 0 Å². The number of rotatable bonds is 2. The monoisotopic (exact) mass is 250 g/mol. The molecule has 0 radical (unpaired) electrons. The van der Waals surface area contributed by atoms with Gasteiger partial charge in [0.25, 0.3) is 0 Å². The molecule has 1 heteroatoms. The molecule has 0 saturated carbocycles. The summed E-state index contributed by atoms with van der Waals surface area (Å²) >= 11 is 0. The van der Waals surface area contributed by atoms with E-state index in [0.29, 0.717) is 0 Å². The summed E-state index contributed by atoms with van der Waals surface area (Å²) < 4.78 is 0. The molecule has 0 aromatic rings. The fourth-order valence-electron chi connectivity index (χ4n) is 1.66. The van der Waals surface area contributed by atoms with Gasteiger partial charge in [-0.25, -0.2) is 0 Å². The summed E-state index contributed by atoms with van der Waals surface area (Å²) in [5.41, 5.74) is 2.95. The predicted octanol–water partition coefficient (Wildman–Crippen LogP) is 3.69. The van der Waals surface area contributed by atoms with Gasteiger partial charge in [0.1, 0.15) is 0 Å². The van der Waals surface area contributed by atoms with Gasteiger partial charge in [-0.3, -0.25) is 0 Å². The zero-order valence-electron chi connectivity index (χ0n) is 10.9. The molecular weight excluding hydrogens is 235 g/mol. The Morgan fingerprint density at radius 2 is 1.54 bits per heavy atom. The molecule has 0 fully saturated rings. The minimum atomic E-state index is 0. The van der Waals surface area contributed by atoms with Crippen LogP contribution in [0.25, 0.3) is 0 Å². The van der Waals surface area contributed by atoms with Gasteiger partial charge in [0.15, 0.2) is 0 Å². The topological polar surface area (TPSA) is 0 Å². The number of allylic oxidation sites excluding steroid dienone is 8. The molecule has 2 aliphatic carbocycles. The molecule has 0 aromatic heterocycles. The van der Waals surface area contributed by atoms with Gasteiger partial charge in [0.05, 0.1) is 0 Å². The molecule has 13 heavy (non-hydrogen) atoms. The van der Waals surface area contributed by atoms with Gasteiger partial charge in [0, 0.05) is 0 Å². The van der Waals surface area contributed by atoms with E-state index in [1.807, 2.05) is 0 Å². The van der Waals surface area contributed by atoms with Gasteiger partial charge >= 0.3 is 26.2 Å². The number of hydrogen-bond acceptors (Lipinski definition) is 0. The van der Waals surface area contributed by atoms with Crippen LogP contribution in [0.15, 0.2) is 47.6 Å². The van der Waals surface area contributed by atoms with Crippen molar-refractivity contribution in [3.8, 4) is 0 Å². The molecule has 0 aromatic carbocycles. The smallest absolute Gasteiger partial charge is 1.00 e. The van der Waals surface area contributed by atoms with E-state index in [1.165, 1.54) is 17.1 Å². The fraction of sp³-hybridized carbons (Fsp3) is 0.250. The average Bonchev–Trinajstić information content (AvgIpc) is 2.77. The third kappa shape index (κ3) is 2.34. The van der Waals surface area contributed by atoms with Crippen molar-refractivity contribution in [2.75, 3.05) is 0 Å². The third-order valence-corrected chi connectivity index (χ3v) is 2.51. The molecule has 0 N–H and O–H groups in total. The first-order valence-electron chi connectivity index (χ1n) is 4.43. The maximum atomic E-state index is 2.22. The van der Waals surface area contributed by atoms with Crippen molar-refractivity contribution >= 4 is 0 Å². The van der Waals surface area contributed by atoms with Crippen LogP contribution in [-0.2, 0) is 26.2 Å². The Balaban J connectivity index is -0.000000422. The summed E-state index contributed by atoms with van der Waals surface area (Å²) in [4.78, 5) is 0. The second-order valence-corrected chi connectivity index (χ2v) is 3.27. The molecule has 2 rings (SSSR count). The van der Waals surface area contributed by atoms with Crippen molar-refractivity contribution < 1.29 is 30.5 Å². The standard InChI is InChI=1S/C12H13.Zr.3H/c1-10(11-6-2-3-7-11)12-8-4-5-9-12;;;;/h2-6,8H,7,9H2,1H3;;;;/q-1;+4;3*-1. The van der Waals surface area contributed by atoms with Crippen molar-refractivity contribution in [1.29, 1.82) is 0 Å². The molecule has 2 aliphatic rings. The normalized spacial score (nSPS) is 18.2. The van der Waals surface area contributed by atoms with Crippen LogP contribution < -0.4 is 0 Å². The van der Waals surface area contributed by atoms with Gasteiger partial charge in [-0.1, -0.05) is 19.1 Å². The van der Waals surface area contributed by atoms with Crippen LogP contribution in [0.5, 0.6) is 0 Å². The first-order valence-corrected chi connectivity index (χ1v) is 4.43. The van der Waals surface area contributed by atoms with Crippen molar-refractivity contribution in [2.45, 2.75) is 19.8 Å². The molecule has 0 aliphatic heterocycles. The molecule has 0 spiro atoms. The van der Waals surface area contributed by atoms with E-state index >= 15 is 0 Å². The van der Waals surface area contributed by atoms with Crippen LogP contribution in [0.3, 0.4) is 0 Å². The Bertz CT molecular complexity index is 273. The van der Waals surface area contributed by atoms with E-state index in [1.54, 1.807) is 0 Å². The van der Waals surface area contributed by atoms with Crippen molar-refractivity contribution in [2.24, 2.45) is 0 Å². The van der Waals surface area contributed by atoms with E-state index in [2.05, 4.69) is 43.4 Å². The van der Waals surface area contributed by atoms with E-state index in [0.717, 1.165) is 12.8 Å². The molecule has 0 unspecified atom stereocenters. The molecule has 0 heterocycles. The zero-order valence-corrected chi connectivity index (χ0v) is 10.3. The Morgan fingerprint density at radius 1 is 1.08 bits per heavy atom. The van der Waals surface area contributed by atoms with Gasteiger partial charge in [-0.15, -0.1) is 23.3 Å². The summed E-state index contributed by atoms with van der Waals surface area (Å²) in [5, 5.41) is 0. The summed E-state index contributed by atoms with van der Waals surface area (Å²) in [6.45, 7) is 2.22. The molecule has 0 saturated heterocycles. The molecular formula is C12H16Zr. The summed E-state index contributed by atoms with van der Waals surface area (Å²) in [7, 11) is 0. The third-order valence-electron chi connectivity index (χ3n) is 2.51. The Labute approximate surface area is 104 Å². The van der Waals surface area contributed by atoms with Crippen LogP contribution >= 0.6 is 0 Å². The molecule has 0 bridgehead atoms. The Morgan fingerprint density at radius 3 is 1.85 bits per heavy atom. The Hall–Kier alpha value is -0.287. The SMILES string of the molecule is C[C-](C1=CC=CC1)C1=CC=CC1.[H-].[H-].[H-].[Zr+4]. The minimum absolute atomic E-state index is 0. The van der Waals surface area contributed by atoms with Gasteiger partial charge < -0.3 is 4.28 Å². The van der Waals surface area contributed by atoms with Crippen LogP contribution in [0, 0.1) is 5.92 Å². The first-order chi connectivity index (χ1) is 5.88. The van der Waals surface area contributed by atoms with Crippen LogP contribution in [0.2, 0.25) is 0 Å². The van der Waals surface area contributed by atoms with Crippen molar-refractivity contribution in [3.63, 3.8) is 0 Å². The van der Waals surface area contributed by atoms with Crippen LogP contribution in [0.1, 0.15) is 24.0 Å². The largest absolute Gasteiger partial charge is 4.00 e. The summed E-state index contributed by atoms with van der Waals surface area (Å²) in [5.74, 6) is 1.46. The first kappa shape index (κ1) is 10.8. The van der Waals surface area contributed by atoms with E-state index in [9.17, 15) is 0 Å². The van der Waals surface area contributed by atoms with E-state index in [-0.39, 0.29) is 30.5 Å². The quantitative estimate of drug-likeness (QED) is 0.657. The van der Waals surface area contributed by atoms with Gasteiger partial charge in [0.2, 0.25) is 0 Å². The maximum absolute atomic E-state index is 2.22. The number of hydrogen-bond donors (Lipinski definition) is 0. The second-order valence-electron chi connectivity index (χ2n) is 3.27. The zero-order chi connectivity index (χ0) is 8.39. The summed E-state index contributed by atoms with van der Waals surface area (Å²) in [6, 6.07) is 0. The minimum Gasteiger partial charge on any atom is -1.00 e.